The number of hydrogen-bond donors (Lipinski definition) is 1. The van der Waals surface area contributed by atoms with Crippen LogP contribution in [-0.2, 0) is 32.6 Å². The molecule has 0 fully saturated rings. The fourth-order valence-corrected chi connectivity index (χ4v) is 6.99. The van der Waals surface area contributed by atoms with Crippen molar-refractivity contribution in [2.75, 3.05) is 17.4 Å². The van der Waals surface area contributed by atoms with Gasteiger partial charge in [0.05, 0.1) is 10.6 Å². The van der Waals surface area contributed by atoms with E-state index in [0.717, 1.165) is 27.2 Å². The van der Waals surface area contributed by atoms with E-state index < -0.39 is 28.5 Å². The van der Waals surface area contributed by atoms with Crippen LogP contribution in [0.3, 0.4) is 0 Å². The van der Waals surface area contributed by atoms with E-state index in [-0.39, 0.29) is 29.5 Å². The highest BCUT2D eigenvalue weighted by atomic mass is 79.9. The third-order valence-electron chi connectivity index (χ3n) is 7.22. The molecule has 2 amide bonds. The summed E-state index contributed by atoms with van der Waals surface area (Å²) >= 11 is 16.5. The second-order valence-corrected chi connectivity index (χ2v) is 14.0. The zero-order chi connectivity index (χ0) is 32.4. The molecule has 0 heterocycles. The summed E-state index contributed by atoms with van der Waals surface area (Å²) in [5.74, 6) is -0.954. The number of anilines is 1. The third-order valence-corrected chi connectivity index (χ3v) is 10.2. The van der Waals surface area contributed by atoms with Crippen LogP contribution < -0.4 is 9.62 Å². The topological polar surface area (TPSA) is 86.8 Å². The van der Waals surface area contributed by atoms with Crippen molar-refractivity contribution >= 4 is 66.7 Å². The molecule has 11 heteroatoms. The quantitative estimate of drug-likeness (QED) is 0.136. The summed E-state index contributed by atoms with van der Waals surface area (Å²) < 4.78 is 29.9. The second kappa shape index (κ2) is 16.3. The molecule has 45 heavy (non-hydrogen) atoms. The molecule has 1 atom stereocenters. The number of benzene rings is 4. The Morgan fingerprint density at radius 1 is 0.844 bits per heavy atom. The van der Waals surface area contributed by atoms with E-state index in [1.54, 1.807) is 60.7 Å². The zero-order valence-electron chi connectivity index (χ0n) is 24.7. The Morgan fingerprint density at radius 2 is 1.44 bits per heavy atom. The molecular formula is C34H34BrCl2N3O4S. The molecule has 0 aliphatic carbocycles. The average Bonchev–Trinajstić information content (AvgIpc) is 3.04. The number of nitrogens with one attached hydrogen (secondary N) is 1. The number of nitrogens with zero attached hydrogens (tertiary/aromatic N) is 2. The normalized spacial score (nSPS) is 11.9. The van der Waals surface area contributed by atoms with Gasteiger partial charge in [0.2, 0.25) is 11.8 Å². The van der Waals surface area contributed by atoms with Crippen LogP contribution in [0, 0.1) is 0 Å². The molecular weight excluding hydrogens is 697 g/mol. The second-order valence-electron chi connectivity index (χ2n) is 10.4. The van der Waals surface area contributed by atoms with Crippen LogP contribution in [0.5, 0.6) is 0 Å². The lowest BCUT2D eigenvalue weighted by atomic mass is 10.0. The van der Waals surface area contributed by atoms with Gasteiger partial charge in [-0.1, -0.05) is 107 Å². The molecule has 0 aliphatic rings. The van der Waals surface area contributed by atoms with Gasteiger partial charge in [-0.25, -0.2) is 8.42 Å². The number of sulfonamides is 1. The summed E-state index contributed by atoms with van der Waals surface area (Å²) in [5.41, 5.74) is 1.57. The molecule has 0 bridgehead atoms. The SMILES string of the molecule is CCCCNC(=O)[C@@H](Cc1ccccc1)N(Cc1c(Cl)cccc1Cl)C(=O)CN(c1ccc(Br)cc1)S(=O)(=O)c1ccccc1. The van der Waals surface area contributed by atoms with E-state index in [2.05, 4.69) is 21.2 Å². The van der Waals surface area contributed by atoms with Crippen LogP contribution in [0.4, 0.5) is 5.69 Å². The molecule has 0 aliphatic heterocycles. The molecule has 236 valence electrons. The summed E-state index contributed by atoms with van der Waals surface area (Å²) in [4.78, 5) is 29.8. The van der Waals surface area contributed by atoms with E-state index in [4.69, 9.17) is 23.2 Å². The van der Waals surface area contributed by atoms with E-state index >= 15 is 0 Å². The van der Waals surface area contributed by atoms with Gasteiger partial charge in [0, 0.05) is 39.6 Å². The molecule has 4 aromatic rings. The van der Waals surface area contributed by atoms with Crippen molar-refractivity contribution in [3.8, 4) is 0 Å². The molecule has 4 aromatic carbocycles. The first-order valence-corrected chi connectivity index (χ1v) is 17.5. The predicted octanol–water partition coefficient (Wildman–Crippen LogP) is 7.51. The minimum atomic E-state index is -4.19. The maximum absolute atomic E-state index is 14.5. The molecule has 7 nitrogen and oxygen atoms in total. The number of amides is 2. The number of carbonyl (C=O) groups excluding carboxylic acids is 2. The van der Waals surface area contributed by atoms with E-state index in [1.165, 1.54) is 17.0 Å². The Hall–Kier alpha value is -3.37. The number of carbonyl (C=O) groups is 2. The molecule has 0 radical (unpaired) electrons. The summed E-state index contributed by atoms with van der Waals surface area (Å²) in [6, 6.07) is 27.9. The van der Waals surface area contributed by atoms with Gasteiger partial charge in [-0.2, -0.15) is 0 Å². The van der Waals surface area contributed by atoms with Gasteiger partial charge in [0.15, 0.2) is 0 Å². The van der Waals surface area contributed by atoms with Gasteiger partial charge in [-0.05, 0) is 60.5 Å². The average molecular weight is 732 g/mol. The van der Waals surface area contributed by atoms with Crippen LogP contribution in [0.15, 0.2) is 112 Å². The van der Waals surface area contributed by atoms with Gasteiger partial charge in [0.1, 0.15) is 12.6 Å². The van der Waals surface area contributed by atoms with E-state index in [9.17, 15) is 18.0 Å². The first-order valence-electron chi connectivity index (χ1n) is 14.5. The van der Waals surface area contributed by atoms with Crippen LogP contribution in [0.1, 0.15) is 30.9 Å². The third kappa shape index (κ3) is 9.10. The standard InChI is InChI=1S/C34H34BrCl2N3O4S/c1-2-3-21-38-34(42)32(22-25-11-6-4-7-12-25)39(23-29-30(36)15-10-16-31(29)37)33(41)24-40(27-19-17-26(35)18-20-27)45(43,44)28-13-8-5-9-14-28/h4-20,32H,2-3,21-24H2,1H3,(H,38,42)/t32-/m1/s1. The van der Waals surface area contributed by atoms with Gasteiger partial charge in [-0.15, -0.1) is 0 Å². The minimum Gasteiger partial charge on any atom is -0.354 e. The number of hydrogen-bond acceptors (Lipinski definition) is 4. The Bertz CT molecular complexity index is 1670. The summed E-state index contributed by atoms with van der Waals surface area (Å²) in [6.07, 6.45) is 1.83. The summed E-state index contributed by atoms with van der Waals surface area (Å²) in [7, 11) is -4.19. The number of unbranched alkanes of at least 4 members (excludes halogenated alkanes) is 1. The van der Waals surface area contributed by atoms with Crippen molar-refractivity contribution in [3.63, 3.8) is 0 Å². The fourth-order valence-electron chi connectivity index (χ4n) is 4.77. The first kappa shape index (κ1) is 34.5. The first-order chi connectivity index (χ1) is 21.6. The Balaban J connectivity index is 1.81. The van der Waals surface area contributed by atoms with Gasteiger partial charge < -0.3 is 10.2 Å². The number of rotatable bonds is 14. The predicted molar refractivity (Wildman–Crippen MR) is 184 cm³/mol. The molecule has 0 aromatic heterocycles. The maximum atomic E-state index is 14.5. The monoisotopic (exact) mass is 729 g/mol. The van der Waals surface area contributed by atoms with Gasteiger partial charge in [-0.3, -0.25) is 13.9 Å². The molecule has 4 rings (SSSR count). The van der Waals surface area contributed by atoms with Crippen LogP contribution >= 0.6 is 39.1 Å². The van der Waals surface area contributed by atoms with Crippen LogP contribution in [-0.4, -0.2) is 44.3 Å². The van der Waals surface area contributed by atoms with Crippen molar-refractivity contribution in [2.45, 2.75) is 43.7 Å². The molecule has 1 N–H and O–H groups in total. The van der Waals surface area contributed by atoms with E-state index in [1.807, 2.05) is 37.3 Å². The molecule has 0 saturated carbocycles. The summed E-state index contributed by atoms with van der Waals surface area (Å²) in [6.45, 7) is 1.76. The van der Waals surface area contributed by atoms with E-state index in [0.29, 0.717) is 22.2 Å². The summed E-state index contributed by atoms with van der Waals surface area (Å²) in [5, 5.41) is 3.62. The largest absolute Gasteiger partial charge is 0.354 e. The minimum absolute atomic E-state index is 0.0274. The van der Waals surface area contributed by atoms with Crippen molar-refractivity contribution in [1.82, 2.24) is 10.2 Å². The fraction of sp³-hybridized carbons (Fsp3) is 0.235. The Labute approximate surface area is 283 Å². The van der Waals surface area contributed by atoms with Gasteiger partial charge in [0.25, 0.3) is 10.0 Å². The lowest BCUT2D eigenvalue weighted by molar-refractivity contribution is -0.140. The van der Waals surface area contributed by atoms with Crippen molar-refractivity contribution < 1.29 is 18.0 Å². The smallest absolute Gasteiger partial charge is 0.264 e. The van der Waals surface area contributed by atoms with Crippen LogP contribution in [0.25, 0.3) is 0 Å². The molecule has 0 unspecified atom stereocenters. The van der Waals surface area contributed by atoms with Crippen molar-refractivity contribution in [3.05, 3.63) is 129 Å². The molecule has 0 saturated heterocycles. The zero-order valence-corrected chi connectivity index (χ0v) is 28.6. The highest BCUT2D eigenvalue weighted by Gasteiger charge is 2.35. The maximum Gasteiger partial charge on any atom is 0.264 e. The van der Waals surface area contributed by atoms with Gasteiger partial charge >= 0.3 is 0 Å². The Morgan fingerprint density at radius 3 is 2.04 bits per heavy atom. The molecule has 0 spiro atoms. The van der Waals surface area contributed by atoms with Crippen LogP contribution in [0.2, 0.25) is 10.0 Å². The lowest BCUT2D eigenvalue weighted by Crippen LogP contribution is -2.53. The highest BCUT2D eigenvalue weighted by molar-refractivity contribution is 9.10. The lowest BCUT2D eigenvalue weighted by Gasteiger charge is -2.34. The number of halogens is 3. The Kier molecular flexibility index (Phi) is 12.5. The highest BCUT2D eigenvalue weighted by Crippen LogP contribution is 2.29. The van der Waals surface area contributed by atoms with Crippen molar-refractivity contribution in [1.29, 1.82) is 0 Å². The van der Waals surface area contributed by atoms with Crippen molar-refractivity contribution in [2.24, 2.45) is 0 Å².